The molecule has 1 N–H and O–H groups in total. The molecule has 0 atom stereocenters. The minimum Gasteiger partial charge on any atom is -0.394 e. The van der Waals surface area contributed by atoms with Crippen molar-refractivity contribution >= 4 is 11.4 Å². The molecule has 0 bridgehead atoms. The second kappa shape index (κ2) is 4.67. The summed E-state index contributed by atoms with van der Waals surface area (Å²) in [5.41, 5.74) is -1.14. The number of anilines is 1. The quantitative estimate of drug-likeness (QED) is 0.647. The van der Waals surface area contributed by atoms with Crippen molar-refractivity contribution in [1.29, 1.82) is 0 Å². The van der Waals surface area contributed by atoms with Crippen LogP contribution in [-0.4, -0.2) is 29.2 Å². The van der Waals surface area contributed by atoms with E-state index in [2.05, 4.69) is 0 Å². The minimum absolute atomic E-state index is 0.147. The summed E-state index contributed by atoms with van der Waals surface area (Å²) in [5.74, 6) is -0.881. The molecular formula is C11H15FN2O3. The lowest BCUT2D eigenvalue weighted by Crippen LogP contribution is -2.44. The SMILES string of the molecule is CN(c1cccc(F)c1[N+](=O)[O-])C(C)(C)CO. The van der Waals surface area contributed by atoms with Gasteiger partial charge in [-0.25, -0.2) is 0 Å². The van der Waals surface area contributed by atoms with Gasteiger partial charge in [-0.3, -0.25) is 10.1 Å². The van der Waals surface area contributed by atoms with Crippen LogP contribution < -0.4 is 4.90 Å². The highest BCUT2D eigenvalue weighted by atomic mass is 19.1. The van der Waals surface area contributed by atoms with E-state index in [0.29, 0.717) is 0 Å². The van der Waals surface area contributed by atoms with E-state index in [-0.39, 0.29) is 12.3 Å². The van der Waals surface area contributed by atoms with Crippen LogP contribution in [0.15, 0.2) is 18.2 Å². The van der Waals surface area contributed by atoms with E-state index in [1.807, 2.05) is 0 Å². The third-order valence-electron chi connectivity index (χ3n) is 2.80. The Bertz CT molecular complexity index is 435. The number of rotatable bonds is 4. The van der Waals surface area contributed by atoms with E-state index in [9.17, 15) is 19.6 Å². The molecule has 0 aliphatic heterocycles. The van der Waals surface area contributed by atoms with Gasteiger partial charge in [-0.15, -0.1) is 0 Å². The summed E-state index contributed by atoms with van der Waals surface area (Å²) in [5, 5.41) is 20.1. The van der Waals surface area contributed by atoms with E-state index in [0.717, 1.165) is 6.07 Å². The number of halogens is 1. The van der Waals surface area contributed by atoms with E-state index < -0.39 is 22.0 Å². The second-order valence-electron chi connectivity index (χ2n) is 4.39. The Labute approximate surface area is 98.6 Å². The van der Waals surface area contributed by atoms with Crippen molar-refractivity contribution < 1.29 is 14.4 Å². The number of nitro groups is 1. The van der Waals surface area contributed by atoms with Crippen molar-refractivity contribution in [2.75, 3.05) is 18.6 Å². The molecule has 0 aliphatic rings. The number of aliphatic hydroxyl groups is 1. The maximum atomic E-state index is 13.4. The number of benzene rings is 1. The van der Waals surface area contributed by atoms with Gasteiger partial charge in [0.2, 0.25) is 5.82 Å². The first kappa shape index (κ1) is 13.4. The molecule has 0 fully saturated rings. The maximum Gasteiger partial charge on any atom is 0.327 e. The van der Waals surface area contributed by atoms with Crippen molar-refractivity contribution in [2.24, 2.45) is 0 Å². The number of hydrogen-bond acceptors (Lipinski definition) is 4. The molecule has 0 aromatic heterocycles. The largest absolute Gasteiger partial charge is 0.394 e. The maximum absolute atomic E-state index is 13.4. The molecule has 17 heavy (non-hydrogen) atoms. The predicted molar refractivity (Wildman–Crippen MR) is 62.6 cm³/mol. The lowest BCUT2D eigenvalue weighted by molar-refractivity contribution is -0.386. The zero-order valence-corrected chi connectivity index (χ0v) is 9.98. The Balaban J connectivity index is 3.32. The molecule has 1 rings (SSSR count). The number of aliphatic hydroxyl groups excluding tert-OH is 1. The molecule has 0 spiro atoms. The molecule has 6 heteroatoms. The van der Waals surface area contributed by atoms with Crippen LogP contribution in [0, 0.1) is 15.9 Å². The molecule has 0 unspecified atom stereocenters. The third kappa shape index (κ3) is 2.52. The molecule has 0 aliphatic carbocycles. The average Bonchev–Trinajstić information content (AvgIpc) is 2.27. The van der Waals surface area contributed by atoms with Gasteiger partial charge >= 0.3 is 5.69 Å². The third-order valence-corrected chi connectivity index (χ3v) is 2.80. The van der Waals surface area contributed by atoms with Crippen molar-refractivity contribution in [3.63, 3.8) is 0 Å². The number of likely N-dealkylation sites (N-methyl/N-ethyl adjacent to an activating group) is 1. The molecular weight excluding hydrogens is 227 g/mol. The average molecular weight is 242 g/mol. The van der Waals surface area contributed by atoms with Crippen molar-refractivity contribution in [3.8, 4) is 0 Å². The van der Waals surface area contributed by atoms with Gasteiger partial charge in [0.15, 0.2) is 0 Å². The summed E-state index contributed by atoms with van der Waals surface area (Å²) in [6.07, 6.45) is 0. The fourth-order valence-electron chi connectivity index (χ4n) is 1.39. The molecule has 0 amide bonds. The summed E-state index contributed by atoms with van der Waals surface area (Å²) in [4.78, 5) is 11.6. The number of para-hydroxylation sites is 1. The highest BCUT2D eigenvalue weighted by Gasteiger charge is 2.30. The van der Waals surface area contributed by atoms with E-state index >= 15 is 0 Å². The lowest BCUT2D eigenvalue weighted by Gasteiger charge is -2.35. The topological polar surface area (TPSA) is 66.6 Å². The zero-order chi connectivity index (χ0) is 13.2. The van der Waals surface area contributed by atoms with Gasteiger partial charge in [-0.1, -0.05) is 6.07 Å². The van der Waals surface area contributed by atoms with Crippen LogP contribution in [0.1, 0.15) is 13.8 Å². The molecule has 1 aromatic carbocycles. The fraction of sp³-hybridized carbons (Fsp3) is 0.455. The standard InChI is InChI=1S/C11H15FN2O3/c1-11(2,7-15)13(3)9-6-4-5-8(12)10(9)14(16)17/h4-6,15H,7H2,1-3H3. The number of nitro benzene ring substituents is 1. The molecule has 0 saturated carbocycles. The van der Waals surface area contributed by atoms with Gasteiger partial charge in [0.1, 0.15) is 5.69 Å². The monoisotopic (exact) mass is 242 g/mol. The first-order chi connectivity index (χ1) is 7.81. The van der Waals surface area contributed by atoms with Gasteiger partial charge in [0, 0.05) is 7.05 Å². The molecule has 94 valence electrons. The van der Waals surface area contributed by atoms with Crippen LogP contribution in [0.5, 0.6) is 0 Å². The van der Waals surface area contributed by atoms with Crippen LogP contribution in [0.2, 0.25) is 0 Å². The number of hydrogen-bond donors (Lipinski definition) is 1. The molecule has 5 nitrogen and oxygen atoms in total. The lowest BCUT2D eigenvalue weighted by atomic mass is 10.0. The van der Waals surface area contributed by atoms with E-state index in [1.54, 1.807) is 20.9 Å². The molecule has 1 aromatic rings. The summed E-state index contributed by atoms with van der Waals surface area (Å²) in [7, 11) is 1.58. The van der Waals surface area contributed by atoms with E-state index in [4.69, 9.17) is 0 Å². The zero-order valence-electron chi connectivity index (χ0n) is 9.98. The van der Waals surface area contributed by atoms with Gasteiger partial charge < -0.3 is 10.0 Å². The first-order valence-electron chi connectivity index (χ1n) is 5.09. The Morgan fingerprint density at radius 2 is 2.12 bits per heavy atom. The van der Waals surface area contributed by atoms with Crippen molar-refractivity contribution in [3.05, 3.63) is 34.1 Å². The van der Waals surface area contributed by atoms with Crippen molar-refractivity contribution in [1.82, 2.24) is 0 Å². The second-order valence-corrected chi connectivity index (χ2v) is 4.39. The Hall–Kier alpha value is -1.69. The summed E-state index contributed by atoms with van der Waals surface area (Å²) < 4.78 is 13.4. The Morgan fingerprint density at radius 3 is 2.59 bits per heavy atom. The van der Waals surface area contributed by atoms with Gasteiger partial charge in [-0.2, -0.15) is 4.39 Å². The van der Waals surface area contributed by atoms with E-state index in [1.165, 1.54) is 17.0 Å². The first-order valence-corrected chi connectivity index (χ1v) is 5.09. The van der Waals surface area contributed by atoms with Gasteiger partial charge in [-0.05, 0) is 26.0 Å². The number of nitrogens with zero attached hydrogens (tertiary/aromatic N) is 2. The summed E-state index contributed by atoms with van der Waals surface area (Å²) >= 11 is 0. The predicted octanol–water partition coefficient (Wildman–Crippen LogP) is 1.94. The molecule has 0 radical (unpaired) electrons. The Kier molecular flexibility index (Phi) is 3.67. The Morgan fingerprint density at radius 1 is 1.53 bits per heavy atom. The van der Waals surface area contributed by atoms with Gasteiger partial charge in [0.05, 0.1) is 17.1 Å². The highest BCUT2D eigenvalue weighted by molar-refractivity contribution is 5.64. The summed E-state index contributed by atoms with van der Waals surface area (Å²) in [6.45, 7) is 3.22. The minimum atomic E-state index is -0.881. The smallest absolute Gasteiger partial charge is 0.327 e. The summed E-state index contributed by atoms with van der Waals surface area (Å²) in [6, 6.07) is 3.90. The fourth-order valence-corrected chi connectivity index (χ4v) is 1.39. The molecule has 0 heterocycles. The van der Waals surface area contributed by atoms with Gasteiger partial charge in [0.25, 0.3) is 0 Å². The van der Waals surface area contributed by atoms with Crippen LogP contribution in [0.25, 0.3) is 0 Å². The molecule has 0 saturated heterocycles. The van der Waals surface area contributed by atoms with Crippen LogP contribution in [0.4, 0.5) is 15.8 Å². The highest BCUT2D eigenvalue weighted by Crippen LogP contribution is 2.33. The van der Waals surface area contributed by atoms with Crippen LogP contribution in [0.3, 0.4) is 0 Å². The van der Waals surface area contributed by atoms with Crippen molar-refractivity contribution in [2.45, 2.75) is 19.4 Å². The van der Waals surface area contributed by atoms with Crippen LogP contribution >= 0.6 is 0 Å². The van der Waals surface area contributed by atoms with Crippen LogP contribution in [-0.2, 0) is 0 Å². The normalized spacial score (nSPS) is 11.4.